The van der Waals surface area contributed by atoms with Crippen molar-refractivity contribution in [3.63, 3.8) is 0 Å². The molecule has 12 heteroatoms. The Morgan fingerprint density at radius 1 is 1.11 bits per heavy atom. The minimum atomic E-state index is -1.72. The van der Waals surface area contributed by atoms with Crippen LogP contribution in [0.3, 0.4) is 0 Å². The van der Waals surface area contributed by atoms with Crippen LogP contribution in [0.2, 0.25) is 0 Å². The monoisotopic (exact) mass is 255 g/mol. The summed E-state index contributed by atoms with van der Waals surface area (Å²) in [6, 6.07) is -3.01. The van der Waals surface area contributed by atoms with Gasteiger partial charge in [-0.3, -0.25) is 0 Å². The molecule has 0 spiro atoms. The van der Waals surface area contributed by atoms with Gasteiger partial charge in [-0.1, -0.05) is 15.3 Å². The Hall–Kier alpha value is -2.48. The van der Waals surface area contributed by atoms with Gasteiger partial charge in [0.25, 0.3) is 0 Å². The first-order chi connectivity index (χ1) is 8.62. The van der Waals surface area contributed by atoms with Crippen molar-refractivity contribution >= 4 is 6.29 Å². The Labute approximate surface area is 99.7 Å². The average Bonchev–Trinajstić information content (AvgIpc) is 2.38. The van der Waals surface area contributed by atoms with Crippen molar-refractivity contribution in [3.8, 4) is 0 Å². The van der Waals surface area contributed by atoms with Gasteiger partial charge in [0.15, 0.2) is 0 Å². The molecule has 18 heavy (non-hydrogen) atoms. The van der Waals surface area contributed by atoms with E-state index < -0.39 is 30.8 Å². The second-order valence-electron chi connectivity index (χ2n) is 3.00. The molecule has 96 valence electrons. The Balaban J connectivity index is 5.07. The third-order valence-corrected chi connectivity index (χ3v) is 1.94. The van der Waals surface area contributed by atoms with E-state index in [2.05, 4.69) is 30.1 Å². The Morgan fingerprint density at radius 3 is 2.17 bits per heavy atom. The summed E-state index contributed by atoms with van der Waals surface area (Å²) >= 11 is 0. The van der Waals surface area contributed by atoms with Gasteiger partial charge in [0.05, 0.1) is 24.8 Å². The van der Waals surface area contributed by atoms with E-state index >= 15 is 0 Å². The summed E-state index contributed by atoms with van der Waals surface area (Å²) in [4.78, 5) is 17.6. The summed E-state index contributed by atoms with van der Waals surface area (Å²) in [5.41, 5.74) is 24.5. The fraction of sp³-hybridized carbons (Fsp3) is 0.833. The van der Waals surface area contributed by atoms with Crippen LogP contribution in [0.25, 0.3) is 31.3 Å². The number of hydrogen-bond donors (Lipinski definition) is 2. The molecular weight excluding hydrogens is 246 g/mol. The minimum Gasteiger partial charge on any atom is -0.392 e. The molecule has 0 aromatic rings. The Morgan fingerprint density at radius 2 is 1.72 bits per heavy atom. The molecule has 0 aliphatic carbocycles. The molecule has 0 saturated heterocycles. The largest absolute Gasteiger partial charge is 0.392 e. The molecule has 0 saturated carbocycles. The maximum Gasteiger partial charge on any atom is 0.131 e. The van der Waals surface area contributed by atoms with Crippen molar-refractivity contribution in [2.45, 2.75) is 24.3 Å². The molecule has 0 fully saturated rings. The molecule has 4 atom stereocenters. The van der Waals surface area contributed by atoms with Gasteiger partial charge in [-0.05, 0) is 16.6 Å². The number of rotatable bonds is 8. The summed E-state index contributed by atoms with van der Waals surface area (Å²) in [6.45, 7) is -0.473. The fourth-order valence-electron chi connectivity index (χ4n) is 1.10. The third-order valence-electron chi connectivity index (χ3n) is 1.94. The van der Waals surface area contributed by atoms with Crippen LogP contribution >= 0.6 is 0 Å². The highest BCUT2D eigenvalue weighted by atomic mass is 16.3. The number of hydrogen-bond acceptors (Lipinski definition) is 6. The molecule has 0 bridgehead atoms. The number of aliphatic hydroxyl groups is 2. The van der Waals surface area contributed by atoms with Crippen LogP contribution in [0.1, 0.15) is 0 Å². The van der Waals surface area contributed by atoms with Gasteiger partial charge in [0.2, 0.25) is 0 Å². The SMILES string of the molecule is [N-]=[N+]=NCC(O)C(N=[N+]=[N-])C(O)C(C=O)N=[N+]=[N-]. The normalized spacial score (nSPS) is 15.9. The molecule has 0 aromatic carbocycles. The molecule has 4 unspecified atom stereocenters. The van der Waals surface area contributed by atoms with Gasteiger partial charge in [0.1, 0.15) is 12.3 Å². The number of aliphatic hydroxyl groups excluding tert-OH is 2. The highest BCUT2D eigenvalue weighted by molar-refractivity contribution is 5.59. The molecule has 2 N–H and O–H groups in total. The first-order valence-corrected chi connectivity index (χ1v) is 4.53. The third kappa shape index (κ3) is 4.58. The molecule has 0 heterocycles. The molecule has 12 nitrogen and oxygen atoms in total. The summed E-state index contributed by atoms with van der Waals surface area (Å²) < 4.78 is 0. The lowest BCUT2D eigenvalue weighted by molar-refractivity contribution is -0.111. The first-order valence-electron chi connectivity index (χ1n) is 4.53. The van der Waals surface area contributed by atoms with Crippen LogP contribution < -0.4 is 0 Å². The van der Waals surface area contributed by atoms with E-state index in [1.807, 2.05) is 0 Å². The predicted octanol–water partition coefficient (Wildman–Crippen LogP) is 0.575. The topological polar surface area (TPSA) is 204 Å². The average molecular weight is 255 g/mol. The lowest BCUT2D eigenvalue weighted by atomic mass is 10.0. The minimum absolute atomic E-state index is 0.143. The standard InChI is InChI=1S/C6H9N9O3/c7-13-10-1-4(17)5(12-15-9)6(18)3(2-16)11-14-8/h2-6,17-18H,1H2. The second-order valence-corrected chi connectivity index (χ2v) is 3.00. The van der Waals surface area contributed by atoms with Gasteiger partial charge in [-0.15, -0.1) is 0 Å². The van der Waals surface area contributed by atoms with Gasteiger partial charge in [0, 0.05) is 14.7 Å². The number of carbonyl (C=O) groups excluding carboxylic acids is 1. The number of carbonyl (C=O) groups is 1. The summed E-state index contributed by atoms with van der Waals surface area (Å²) in [5.74, 6) is 0. The number of nitrogens with zero attached hydrogens (tertiary/aromatic N) is 9. The van der Waals surface area contributed by atoms with E-state index in [4.69, 9.17) is 16.6 Å². The predicted molar refractivity (Wildman–Crippen MR) is 58.0 cm³/mol. The van der Waals surface area contributed by atoms with E-state index in [9.17, 15) is 15.0 Å². The molecule has 0 aliphatic rings. The number of aldehydes is 1. The van der Waals surface area contributed by atoms with Gasteiger partial charge >= 0.3 is 0 Å². The maximum absolute atomic E-state index is 10.6. The van der Waals surface area contributed by atoms with Crippen molar-refractivity contribution in [2.75, 3.05) is 6.54 Å². The maximum atomic E-state index is 10.6. The van der Waals surface area contributed by atoms with Crippen molar-refractivity contribution in [2.24, 2.45) is 15.3 Å². The summed E-state index contributed by atoms with van der Waals surface area (Å²) in [5, 5.41) is 28.2. The molecule has 0 aliphatic heterocycles. The van der Waals surface area contributed by atoms with Crippen LogP contribution in [0.15, 0.2) is 15.3 Å². The molecular formula is C6H9N9O3. The number of azide groups is 3. The van der Waals surface area contributed by atoms with E-state index in [1.165, 1.54) is 0 Å². The van der Waals surface area contributed by atoms with Gasteiger partial charge in [-0.2, -0.15) is 0 Å². The molecule has 0 aromatic heterocycles. The fourth-order valence-corrected chi connectivity index (χ4v) is 1.10. The van der Waals surface area contributed by atoms with E-state index in [-0.39, 0.29) is 6.29 Å². The molecule has 0 radical (unpaired) electrons. The van der Waals surface area contributed by atoms with E-state index in [1.54, 1.807) is 0 Å². The molecule has 0 rings (SSSR count). The van der Waals surface area contributed by atoms with Crippen molar-refractivity contribution < 1.29 is 15.0 Å². The molecule has 0 amide bonds. The first kappa shape index (κ1) is 15.5. The van der Waals surface area contributed by atoms with Crippen LogP contribution in [0.5, 0.6) is 0 Å². The quantitative estimate of drug-likeness (QED) is 0.276. The van der Waals surface area contributed by atoms with Crippen molar-refractivity contribution in [1.29, 1.82) is 0 Å². The zero-order valence-corrected chi connectivity index (χ0v) is 8.92. The Kier molecular flexibility index (Phi) is 7.46. The zero-order chi connectivity index (χ0) is 14.0. The van der Waals surface area contributed by atoms with Crippen LogP contribution in [0, 0.1) is 0 Å². The summed E-state index contributed by atoms with van der Waals surface area (Å²) in [7, 11) is 0. The van der Waals surface area contributed by atoms with Crippen LogP contribution in [0.4, 0.5) is 0 Å². The second kappa shape index (κ2) is 8.65. The highest BCUT2D eigenvalue weighted by Crippen LogP contribution is 2.12. The van der Waals surface area contributed by atoms with E-state index in [0.717, 1.165) is 0 Å². The van der Waals surface area contributed by atoms with Crippen LogP contribution in [-0.4, -0.2) is 47.3 Å². The van der Waals surface area contributed by atoms with E-state index in [0.29, 0.717) is 0 Å². The lowest BCUT2D eigenvalue weighted by Gasteiger charge is -2.23. The van der Waals surface area contributed by atoms with Gasteiger partial charge in [-0.25, -0.2) is 0 Å². The van der Waals surface area contributed by atoms with Crippen molar-refractivity contribution in [1.82, 2.24) is 0 Å². The zero-order valence-electron chi connectivity index (χ0n) is 8.92. The van der Waals surface area contributed by atoms with Gasteiger partial charge < -0.3 is 15.0 Å². The smallest absolute Gasteiger partial charge is 0.131 e. The Bertz CT molecular complexity index is 420. The summed E-state index contributed by atoms with van der Waals surface area (Å²) in [6.07, 6.45) is -3.09. The highest BCUT2D eigenvalue weighted by Gasteiger charge is 2.31. The van der Waals surface area contributed by atoms with Crippen LogP contribution in [-0.2, 0) is 4.79 Å². The lowest BCUT2D eigenvalue weighted by Crippen LogP contribution is -2.44. The van der Waals surface area contributed by atoms with Crippen molar-refractivity contribution in [3.05, 3.63) is 31.3 Å².